The fraction of sp³-hybridized carbons (Fsp3) is 0.120. The third kappa shape index (κ3) is 3.24. The maximum atomic E-state index is 13.2. The number of fused-ring (bicyclic) bond motifs is 1. The zero-order chi connectivity index (χ0) is 21.3. The van der Waals surface area contributed by atoms with E-state index >= 15 is 0 Å². The SMILES string of the molecule is C=CCn1c(C)c2c(=O)c(C(=O)O)cn(Cc3ccccc3)c2c1-c1ccccc1. The summed E-state index contributed by atoms with van der Waals surface area (Å²) in [6.45, 7) is 6.69. The molecule has 0 saturated heterocycles. The molecule has 0 aliphatic rings. The van der Waals surface area contributed by atoms with Crippen LogP contribution in [0.15, 0.2) is 84.3 Å². The van der Waals surface area contributed by atoms with Crippen molar-refractivity contribution in [3.05, 3.63) is 107 Å². The number of rotatable bonds is 6. The largest absolute Gasteiger partial charge is 0.477 e. The number of carbonyl (C=O) groups is 1. The molecule has 0 spiro atoms. The summed E-state index contributed by atoms with van der Waals surface area (Å²) in [5, 5.41) is 10.1. The van der Waals surface area contributed by atoms with Gasteiger partial charge in [0, 0.05) is 30.5 Å². The Balaban J connectivity index is 2.14. The minimum atomic E-state index is -1.22. The summed E-state index contributed by atoms with van der Waals surface area (Å²) in [7, 11) is 0. The van der Waals surface area contributed by atoms with E-state index in [0.717, 1.165) is 28.0 Å². The van der Waals surface area contributed by atoms with Crippen LogP contribution < -0.4 is 5.43 Å². The van der Waals surface area contributed by atoms with Gasteiger partial charge >= 0.3 is 5.97 Å². The summed E-state index contributed by atoms with van der Waals surface area (Å²) in [5.74, 6) is -1.22. The number of nitrogens with zero attached hydrogens (tertiary/aromatic N) is 2. The van der Waals surface area contributed by atoms with Crippen molar-refractivity contribution in [3.8, 4) is 11.3 Å². The highest BCUT2D eigenvalue weighted by atomic mass is 16.4. The van der Waals surface area contributed by atoms with Gasteiger partial charge in [-0.05, 0) is 12.5 Å². The second-order valence-corrected chi connectivity index (χ2v) is 7.21. The Labute approximate surface area is 174 Å². The van der Waals surface area contributed by atoms with Crippen molar-refractivity contribution in [2.45, 2.75) is 20.0 Å². The van der Waals surface area contributed by atoms with Gasteiger partial charge in [0.25, 0.3) is 0 Å². The standard InChI is InChI=1S/C25H22N2O3/c1-3-14-27-17(2)21-23(22(27)19-12-8-5-9-13-19)26(15-18-10-6-4-7-11-18)16-20(24(21)28)25(29)30/h3-13,16H,1,14-15H2,2H3,(H,29,30). The predicted octanol–water partition coefficient (Wildman–Crippen LogP) is 4.71. The Hall–Kier alpha value is -3.86. The molecule has 150 valence electrons. The fourth-order valence-corrected chi connectivity index (χ4v) is 3.99. The molecular weight excluding hydrogens is 376 g/mol. The lowest BCUT2D eigenvalue weighted by atomic mass is 10.1. The molecule has 4 rings (SSSR count). The summed E-state index contributed by atoms with van der Waals surface area (Å²) in [4.78, 5) is 25.0. The maximum absolute atomic E-state index is 13.2. The quantitative estimate of drug-likeness (QED) is 0.479. The summed E-state index contributed by atoms with van der Waals surface area (Å²) in [5.41, 5.74) is 3.65. The van der Waals surface area contributed by atoms with Crippen LogP contribution in [0.1, 0.15) is 21.6 Å². The lowest BCUT2D eigenvalue weighted by Gasteiger charge is -2.14. The number of hydrogen-bond acceptors (Lipinski definition) is 2. The van der Waals surface area contributed by atoms with Crippen LogP contribution in [0.25, 0.3) is 22.2 Å². The molecule has 0 saturated carbocycles. The van der Waals surface area contributed by atoms with Crippen molar-refractivity contribution in [2.24, 2.45) is 0 Å². The lowest BCUT2D eigenvalue weighted by Crippen LogP contribution is -2.19. The first-order valence-electron chi connectivity index (χ1n) is 9.72. The first-order chi connectivity index (χ1) is 14.5. The molecule has 5 heteroatoms. The number of aromatic carboxylic acids is 1. The highest BCUT2D eigenvalue weighted by molar-refractivity contribution is 6.00. The molecule has 4 aromatic rings. The predicted molar refractivity (Wildman–Crippen MR) is 119 cm³/mol. The molecule has 0 fully saturated rings. The van der Waals surface area contributed by atoms with Gasteiger partial charge in [-0.3, -0.25) is 4.79 Å². The minimum absolute atomic E-state index is 0.225. The summed E-state index contributed by atoms with van der Waals surface area (Å²) < 4.78 is 3.91. The summed E-state index contributed by atoms with van der Waals surface area (Å²) >= 11 is 0. The molecule has 1 N–H and O–H groups in total. The van der Waals surface area contributed by atoms with Crippen LogP contribution in [0, 0.1) is 6.92 Å². The first kappa shape index (κ1) is 19.5. The van der Waals surface area contributed by atoms with Crippen LogP contribution in [0.5, 0.6) is 0 Å². The molecule has 30 heavy (non-hydrogen) atoms. The summed E-state index contributed by atoms with van der Waals surface area (Å²) in [6, 6.07) is 19.6. The van der Waals surface area contributed by atoms with Crippen LogP contribution in [0.2, 0.25) is 0 Å². The Morgan fingerprint density at radius 2 is 1.70 bits per heavy atom. The molecule has 0 radical (unpaired) electrons. The van der Waals surface area contributed by atoms with Crippen LogP contribution in [-0.4, -0.2) is 20.2 Å². The minimum Gasteiger partial charge on any atom is -0.477 e. The molecule has 0 aliphatic carbocycles. The molecular formula is C25H22N2O3. The highest BCUT2D eigenvalue weighted by Crippen LogP contribution is 2.33. The van der Waals surface area contributed by atoms with E-state index in [0.29, 0.717) is 18.5 Å². The zero-order valence-corrected chi connectivity index (χ0v) is 16.7. The van der Waals surface area contributed by atoms with Crippen molar-refractivity contribution in [1.82, 2.24) is 9.13 Å². The topological polar surface area (TPSA) is 64.2 Å². The molecule has 0 amide bonds. The number of pyridine rings is 1. The molecule has 0 atom stereocenters. The summed E-state index contributed by atoms with van der Waals surface area (Å²) in [6.07, 6.45) is 3.24. The van der Waals surface area contributed by atoms with Crippen LogP contribution in [-0.2, 0) is 13.1 Å². The van der Waals surface area contributed by atoms with Gasteiger partial charge in [-0.15, -0.1) is 6.58 Å². The van der Waals surface area contributed by atoms with Gasteiger partial charge < -0.3 is 14.2 Å². The number of allylic oxidation sites excluding steroid dienone is 1. The van der Waals surface area contributed by atoms with Gasteiger partial charge in [-0.25, -0.2) is 4.79 Å². The third-order valence-corrected chi connectivity index (χ3v) is 5.33. The number of hydrogen-bond donors (Lipinski definition) is 1. The monoisotopic (exact) mass is 398 g/mol. The van der Waals surface area contributed by atoms with Gasteiger partial charge in [0.05, 0.1) is 16.6 Å². The van der Waals surface area contributed by atoms with E-state index in [1.807, 2.05) is 76.7 Å². The third-order valence-electron chi connectivity index (χ3n) is 5.33. The van der Waals surface area contributed by atoms with Gasteiger partial charge in [0.15, 0.2) is 0 Å². The normalized spacial score (nSPS) is 11.0. The first-order valence-corrected chi connectivity index (χ1v) is 9.72. The number of aryl methyl sites for hydroxylation is 1. The average molecular weight is 398 g/mol. The second-order valence-electron chi connectivity index (χ2n) is 7.21. The van der Waals surface area contributed by atoms with E-state index in [4.69, 9.17) is 0 Å². The molecule has 0 bridgehead atoms. The van der Waals surface area contributed by atoms with Crippen LogP contribution in [0.3, 0.4) is 0 Å². The Morgan fingerprint density at radius 1 is 1.07 bits per heavy atom. The maximum Gasteiger partial charge on any atom is 0.341 e. The van der Waals surface area contributed by atoms with Gasteiger partial charge in [0.2, 0.25) is 5.43 Å². The van der Waals surface area contributed by atoms with E-state index in [1.165, 1.54) is 6.20 Å². The van der Waals surface area contributed by atoms with Gasteiger partial charge in [-0.2, -0.15) is 0 Å². The molecule has 2 aromatic heterocycles. The van der Waals surface area contributed by atoms with E-state index in [-0.39, 0.29) is 5.56 Å². The molecule has 0 unspecified atom stereocenters. The molecule has 5 nitrogen and oxygen atoms in total. The molecule has 2 heterocycles. The Morgan fingerprint density at radius 3 is 2.30 bits per heavy atom. The average Bonchev–Trinajstić information content (AvgIpc) is 3.04. The van der Waals surface area contributed by atoms with Crippen molar-refractivity contribution in [3.63, 3.8) is 0 Å². The zero-order valence-electron chi connectivity index (χ0n) is 16.7. The second kappa shape index (κ2) is 7.87. The number of benzene rings is 2. The molecule has 0 aliphatic heterocycles. The van der Waals surface area contributed by atoms with E-state index in [1.54, 1.807) is 6.08 Å². The van der Waals surface area contributed by atoms with Crippen molar-refractivity contribution >= 4 is 16.9 Å². The van der Waals surface area contributed by atoms with Crippen molar-refractivity contribution in [2.75, 3.05) is 0 Å². The van der Waals surface area contributed by atoms with E-state index in [2.05, 4.69) is 6.58 Å². The smallest absolute Gasteiger partial charge is 0.341 e. The van der Waals surface area contributed by atoms with Gasteiger partial charge in [0.1, 0.15) is 5.56 Å². The molecule has 2 aromatic carbocycles. The Bertz CT molecular complexity index is 1300. The Kier molecular flexibility index (Phi) is 5.11. The fourth-order valence-electron chi connectivity index (χ4n) is 3.99. The van der Waals surface area contributed by atoms with E-state index < -0.39 is 11.4 Å². The van der Waals surface area contributed by atoms with Crippen molar-refractivity contribution < 1.29 is 9.90 Å². The van der Waals surface area contributed by atoms with Gasteiger partial charge in [-0.1, -0.05) is 66.7 Å². The number of carboxylic acid groups (broad SMARTS) is 1. The lowest BCUT2D eigenvalue weighted by molar-refractivity contribution is 0.0695. The van der Waals surface area contributed by atoms with Crippen LogP contribution >= 0.6 is 0 Å². The van der Waals surface area contributed by atoms with Crippen molar-refractivity contribution in [1.29, 1.82) is 0 Å². The highest BCUT2D eigenvalue weighted by Gasteiger charge is 2.24. The number of aromatic nitrogens is 2. The van der Waals surface area contributed by atoms with E-state index in [9.17, 15) is 14.7 Å². The van der Waals surface area contributed by atoms with Crippen LogP contribution in [0.4, 0.5) is 0 Å². The number of carboxylic acids is 1.